The lowest BCUT2D eigenvalue weighted by molar-refractivity contribution is 0.385. The quantitative estimate of drug-likeness (QED) is 0.517. The van der Waals surface area contributed by atoms with Gasteiger partial charge in [-0.1, -0.05) is 0 Å². The van der Waals surface area contributed by atoms with Gasteiger partial charge in [-0.2, -0.15) is 5.10 Å². The molecule has 0 fully saturated rings. The summed E-state index contributed by atoms with van der Waals surface area (Å²) in [4.78, 5) is 15.0. The van der Waals surface area contributed by atoms with Gasteiger partial charge in [-0.15, -0.1) is 0 Å². The van der Waals surface area contributed by atoms with Gasteiger partial charge in [-0.05, 0) is 6.92 Å². The van der Waals surface area contributed by atoms with Crippen molar-refractivity contribution in [3.63, 3.8) is 0 Å². The van der Waals surface area contributed by atoms with Gasteiger partial charge in [0, 0.05) is 6.07 Å². The molecule has 0 spiro atoms. The molecule has 2 heterocycles. The first-order valence-corrected chi connectivity index (χ1v) is 3.57. The van der Waals surface area contributed by atoms with Crippen molar-refractivity contribution in [2.75, 3.05) is 5.48 Å². The number of hydrogen-bond acceptors (Lipinski definition) is 5. The Morgan fingerprint density at radius 1 is 1.69 bits per heavy atom. The molecule has 0 unspecified atom stereocenters. The summed E-state index contributed by atoms with van der Waals surface area (Å²) in [6.45, 7) is 1.64. The van der Waals surface area contributed by atoms with Crippen molar-refractivity contribution < 1.29 is 5.21 Å². The smallest absolute Gasteiger partial charge is 0.290 e. The lowest BCUT2D eigenvalue weighted by atomic mass is 10.5. The Labute approximate surface area is 72.0 Å². The lowest BCUT2D eigenvalue weighted by Crippen LogP contribution is -2.13. The van der Waals surface area contributed by atoms with Crippen LogP contribution in [0.5, 0.6) is 0 Å². The highest BCUT2D eigenvalue weighted by Gasteiger charge is 2.05. The third-order valence-corrected chi connectivity index (χ3v) is 1.68. The highest BCUT2D eigenvalue weighted by Crippen LogP contribution is 2.05. The number of anilines is 1. The van der Waals surface area contributed by atoms with E-state index in [9.17, 15) is 4.79 Å². The largest absolute Gasteiger partial charge is 0.349 e. The molecule has 0 saturated heterocycles. The normalized spacial score (nSPS) is 10.6. The van der Waals surface area contributed by atoms with Gasteiger partial charge in [0.1, 0.15) is 5.82 Å². The number of nitrogens with one attached hydrogen (secondary N) is 2. The zero-order chi connectivity index (χ0) is 9.42. The van der Waals surface area contributed by atoms with Crippen molar-refractivity contribution in [3.05, 3.63) is 22.4 Å². The topological polar surface area (TPSA) is 95.3 Å². The van der Waals surface area contributed by atoms with Crippen molar-refractivity contribution in [3.8, 4) is 0 Å². The van der Waals surface area contributed by atoms with E-state index in [2.05, 4.69) is 15.2 Å². The average molecular weight is 181 g/mol. The zero-order valence-corrected chi connectivity index (χ0v) is 6.77. The number of fused-ring (bicyclic) bond motifs is 1. The molecule has 2 rings (SSSR count). The Balaban J connectivity index is 2.87. The van der Waals surface area contributed by atoms with Crippen LogP contribution in [0, 0.1) is 6.92 Å². The van der Waals surface area contributed by atoms with E-state index < -0.39 is 0 Å². The summed E-state index contributed by atoms with van der Waals surface area (Å²) in [5.41, 5.74) is 1.96. The van der Waals surface area contributed by atoms with Crippen molar-refractivity contribution in [1.29, 1.82) is 0 Å². The second kappa shape index (κ2) is 2.56. The summed E-state index contributed by atoms with van der Waals surface area (Å²) in [5, 5.41) is 14.6. The van der Waals surface area contributed by atoms with E-state index in [-0.39, 0.29) is 11.5 Å². The van der Waals surface area contributed by atoms with Gasteiger partial charge in [-0.25, -0.2) is 19.3 Å². The molecule has 68 valence electrons. The van der Waals surface area contributed by atoms with Gasteiger partial charge in [0.15, 0.2) is 11.5 Å². The number of hydrogen-bond donors (Lipinski definition) is 3. The number of nitrogens with zero attached hydrogens (tertiary/aromatic N) is 3. The highest BCUT2D eigenvalue weighted by atomic mass is 16.5. The van der Waals surface area contributed by atoms with Crippen LogP contribution in [0.4, 0.5) is 5.82 Å². The second-order valence-electron chi connectivity index (χ2n) is 2.52. The van der Waals surface area contributed by atoms with Crippen LogP contribution in [0.2, 0.25) is 0 Å². The molecule has 0 bridgehead atoms. The molecule has 0 aliphatic heterocycles. The predicted molar refractivity (Wildman–Crippen MR) is 43.8 cm³/mol. The van der Waals surface area contributed by atoms with E-state index >= 15 is 0 Å². The third-order valence-electron chi connectivity index (χ3n) is 1.68. The minimum atomic E-state index is -0.343. The molecule has 7 heteroatoms. The first kappa shape index (κ1) is 7.74. The van der Waals surface area contributed by atoms with Crippen molar-refractivity contribution in [2.45, 2.75) is 6.92 Å². The first-order valence-electron chi connectivity index (χ1n) is 3.57. The van der Waals surface area contributed by atoms with E-state index in [1.165, 1.54) is 10.5 Å². The summed E-state index contributed by atoms with van der Waals surface area (Å²) in [7, 11) is 0. The molecule has 0 atom stereocenters. The molecule has 2 aromatic rings. The molecule has 0 saturated carbocycles. The van der Waals surface area contributed by atoms with Crippen LogP contribution in [0.3, 0.4) is 0 Å². The molecular formula is C6H7N5O2. The maximum absolute atomic E-state index is 11.1. The zero-order valence-electron chi connectivity index (χ0n) is 6.77. The van der Waals surface area contributed by atoms with Crippen LogP contribution < -0.4 is 11.2 Å². The summed E-state index contributed by atoms with van der Waals surface area (Å²) in [6.07, 6.45) is 0. The Morgan fingerprint density at radius 3 is 3.15 bits per heavy atom. The molecule has 0 amide bonds. The summed E-state index contributed by atoms with van der Waals surface area (Å²) in [5.74, 6) is 0.705. The minimum absolute atomic E-state index is 0.254. The van der Waals surface area contributed by atoms with Gasteiger partial charge < -0.3 is 0 Å². The van der Waals surface area contributed by atoms with E-state index in [1.807, 2.05) is 5.48 Å². The molecule has 13 heavy (non-hydrogen) atoms. The van der Waals surface area contributed by atoms with Crippen molar-refractivity contribution >= 4 is 11.5 Å². The summed E-state index contributed by atoms with van der Waals surface area (Å²) in [6, 6.07) is 1.45. The van der Waals surface area contributed by atoms with Gasteiger partial charge in [0.05, 0.1) is 0 Å². The van der Waals surface area contributed by atoms with Crippen LogP contribution in [0.15, 0.2) is 10.9 Å². The van der Waals surface area contributed by atoms with Crippen molar-refractivity contribution in [1.82, 2.24) is 19.6 Å². The van der Waals surface area contributed by atoms with Crippen LogP contribution >= 0.6 is 0 Å². The Kier molecular flexibility index (Phi) is 1.52. The lowest BCUT2D eigenvalue weighted by Gasteiger charge is -2.00. The molecule has 7 nitrogen and oxygen atoms in total. The monoisotopic (exact) mass is 181 g/mol. The number of aromatic nitrogens is 4. The van der Waals surface area contributed by atoms with Crippen LogP contribution in [-0.4, -0.2) is 24.8 Å². The van der Waals surface area contributed by atoms with Gasteiger partial charge in [0.2, 0.25) is 0 Å². The van der Waals surface area contributed by atoms with Gasteiger partial charge in [-0.3, -0.25) is 10.7 Å². The maximum Gasteiger partial charge on any atom is 0.349 e. The Morgan fingerprint density at radius 2 is 2.46 bits per heavy atom. The van der Waals surface area contributed by atoms with Gasteiger partial charge >= 0.3 is 5.69 Å². The van der Waals surface area contributed by atoms with E-state index in [0.717, 1.165) is 0 Å². The van der Waals surface area contributed by atoms with Crippen LogP contribution in [0.25, 0.3) is 5.65 Å². The van der Waals surface area contributed by atoms with E-state index in [1.54, 1.807) is 6.92 Å². The Hall–Kier alpha value is -1.89. The SMILES string of the molecule is Cc1nc(NO)cc2n[nH]c(=O)n12. The minimum Gasteiger partial charge on any atom is -0.290 e. The number of aromatic amines is 1. The van der Waals surface area contributed by atoms with Gasteiger partial charge in [0.25, 0.3) is 0 Å². The first-order chi connectivity index (χ1) is 6.22. The van der Waals surface area contributed by atoms with Crippen LogP contribution in [-0.2, 0) is 0 Å². The fourth-order valence-corrected chi connectivity index (χ4v) is 1.15. The predicted octanol–water partition coefficient (Wildman–Crippen LogP) is -0.473. The number of rotatable bonds is 1. The summed E-state index contributed by atoms with van der Waals surface area (Å²) >= 11 is 0. The molecule has 0 aliphatic carbocycles. The van der Waals surface area contributed by atoms with Crippen LogP contribution in [0.1, 0.15) is 5.82 Å². The standard InChI is InChI=1S/C6H7N5O2/c1-3-7-4(10-13)2-5-8-9-6(12)11(3)5/h2,10,13H,1H3,(H,9,12). The maximum atomic E-state index is 11.1. The van der Waals surface area contributed by atoms with E-state index in [0.29, 0.717) is 11.5 Å². The average Bonchev–Trinajstić information content (AvgIpc) is 2.48. The molecule has 0 aliphatic rings. The fourth-order valence-electron chi connectivity index (χ4n) is 1.15. The molecular weight excluding hydrogens is 174 g/mol. The molecule has 2 aromatic heterocycles. The number of H-pyrrole nitrogens is 1. The molecule has 3 N–H and O–H groups in total. The molecule has 0 radical (unpaired) electrons. The molecule has 0 aromatic carbocycles. The highest BCUT2D eigenvalue weighted by molar-refractivity contribution is 5.48. The number of aryl methyl sites for hydroxylation is 1. The Bertz CT molecular complexity index is 499. The fraction of sp³-hybridized carbons (Fsp3) is 0.167. The third kappa shape index (κ3) is 1.05. The van der Waals surface area contributed by atoms with Crippen molar-refractivity contribution in [2.24, 2.45) is 0 Å². The second-order valence-corrected chi connectivity index (χ2v) is 2.52. The summed E-state index contributed by atoms with van der Waals surface area (Å²) < 4.78 is 1.31. The van der Waals surface area contributed by atoms with E-state index in [4.69, 9.17) is 5.21 Å².